The maximum Gasteiger partial charge on any atom is 0.273 e. The Kier molecular flexibility index (Phi) is 12.8. The molecule has 3 aromatic carbocycles. The SMILES string of the molecule is CC(C)(C)NC(=O)[C@@H]1C[C@H](Sc2ccccc2)CCN1C[C@@H](O)[C@H](Cc1ccccc1)NC(=O)CN(C(=O)c1ccc2ccccc2n1)C(C)(C)C. The number of pyridine rings is 1. The molecule has 1 aromatic heterocycles. The molecular weight excluding hydrogens is 671 g/mol. The lowest BCUT2D eigenvalue weighted by Gasteiger charge is -2.41. The highest BCUT2D eigenvalue weighted by molar-refractivity contribution is 8.00. The molecule has 0 unspecified atom stereocenters. The molecule has 1 aliphatic rings. The Bertz CT molecular complexity index is 1810. The number of hydrogen-bond acceptors (Lipinski definition) is 7. The Hall–Kier alpha value is -4.25. The van der Waals surface area contributed by atoms with E-state index in [1.807, 2.05) is 120 Å². The summed E-state index contributed by atoms with van der Waals surface area (Å²) in [6, 6.07) is 30.0. The smallest absolute Gasteiger partial charge is 0.273 e. The molecule has 0 saturated carbocycles. The molecule has 52 heavy (non-hydrogen) atoms. The van der Waals surface area contributed by atoms with Crippen LogP contribution in [0.3, 0.4) is 0 Å². The monoisotopic (exact) mass is 723 g/mol. The molecular formula is C42H53N5O4S. The number of piperidine rings is 1. The van der Waals surface area contributed by atoms with Crippen LogP contribution in [0.15, 0.2) is 102 Å². The zero-order chi connectivity index (χ0) is 37.5. The first kappa shape index (κ1) is 39.0. The van der Waals surface area contributed by atoms with Crippen LogP contribution < -0.4 is 10.6 Å². The lowest BCUT2D eigenvalue weighted by atomic mass is 9.96. The number of benzene rings is 3. The van der Waals surface area contributed by atoms with Crippen LogP contribution in [0, 0.1) is 0 Å². The summed E-state index contributed by atoms with van der Waals surface area (Å²) in [4.78, 5) is 50.9. The van der Waals surface area contributed by atoms with Crippen LogP contribution >= 0.6 is 11.8 Å². The van der Waals surface area contributed by atoms with Gasteiger partial charge in [0.25, 0.3) is 5.91 Å². The van der Waals surface area contributed by atoms with E-state index in [4.69, 9.17) is 0 Å². The minimum Gasteiger partial charge on any atom is -0.390 e. The van der Waals surface area contributed by atoms with E-state index in [-0.39, 0.29) is 41.8 Å². The molecule has 0 aliphatic carbocycles. The third kappa shape index (κ3) is 10.9. The van der Waals surface area contributed by atoms with E-state index in [0.717, 1.165) is 17.4 Å². The molecule has 4 aromatic rings. The first-order valence-electron chi connectivity index (χ1n) is 18.1. The predicted molar refractivity (Wildman–Crippen MR) is 209 cm³/mol. The van der Waals surface area contributed by atoms with Gasteiger partial charge in [-0.3, -0.25) is 19.3 Å². The number of aliphatic hydroxyl groups excluding tert-OH is 1. The lowest BCUT2D eigenvalue weighted by molar-refractivity contribution is -0.130. The molecule has 1 fully saturated rings. The average Bonchev–Trinajstić information content (AvgIpc) is 3.10. The summed E-state index contributed by atoms with van der Waals surface area (Å²) in [6.45, 7) is 12.2. The number of amides is 3. The van der Waals surface area contributed by atoms with Gasteiger partial charge in [-0.25, -0.2) is 4.98 Å². The molecule has 3 N–H and O–H groups in total. The molecule has 0 bridgehead atoms. The van der Waals surface area contributed by atoms with Gasteiger partial charge in [0, 0.05) is 39.7 Å². The van der Waals surface area contributed by atoms with Crippen LogP contribution in [-0.4, -0.2) is 91.8 Å². The van der Waals surface area contributed by atoms with Gasteiger partial charge >= 0.3 is 0 Å². The molecule has 5 rings (SSSR count). The molecule has 9 nitrogen and oxygen atoms in total. The van der Waals surface area contributed by atoms with Gasteiger partial charge in [0.15, 0.2) is 0 Å². The second-order valence-electron chi connectivity index (χ2n) is 15.7. The third-order valence-corrected chi connectivity index (χ3v) is 10.5. The van der Waals surface area contributed by atoms with Gasteiger partial charge < -0.3 is 20.6 Å². The molecule has 0 radical (unpaired) electrons. The van der Waals surface area contributed by atoms with Gasteiger partial charge in [-0.2, -0.15) is 0 Å². The number of fused-ring (bicyclic) bond motifs is 1. The second kappa shape index (κ2) is 17.1. The molecule has 0 spiro atoms. The Morgan fingerprint density at radius 1 is 0.904 bits per heavy atom. The number of carbonyl (C=O) groups is 3. The number of aromatic nitrogens is 1. The van der Waals surface area contributed by atoms with Crippen molar-refractivity contribution in [2.75, 3.05) is 19.6 Å². The van der Waals surface area contributed by atoms with E-state index in [9.17, 15) is 19.5 Å². The predicted octanol–water partition coefficient (Wildman–Crippen LogP) is 6.10. The first-order chi connectivity index (χ1) is 24.7. The van der Waals surface area contributed by atoms with Gasteiger partial charge in [-0.15, -0.1) is 11.8 Å². The van der Waals surface area contributed by atoms with Gasteiger partial charge in [0.1, 0.15) is 12.2 Å². The van der Waals surface area contributed by atoms with Crippen molar-refractivity contribution in [2.45, 2.75) is 100 Å². The number of likely N-dealkylation sites (tertiary alicyclic amines) is 1. The van der Waals surface area contributed by atoms with E-state index in [2.05, 4.69) is 32.7 Å². The molecule has 10 heteroatoms. The number of hydrogen-bond donors (Lipinski definition) is 3. The Morgan fingerprint density at radius 2 is 1.56 bits per heavy atom. The number of nitrogens with one attached hydrogen (secondary N) is 2. The molecule has 1 saturated heterocycles. The van der Waals surface area contributed by atoms with Crippen molar-refractivity contribution in [3.8, 4) is 0 Å². The van der Waals surface area contributed by atoms with Gasteiger partial charge in [-0.1, -0.05) is 72.8 Å². The summed E-state index contributed by atoms with van der Waals surface area (Å²) in [6.07, 6.45) is 0.874. The van der Waals surface area contributed by atoms with E-state index in [1.165, 1.54) is 9.80 Å². The number of para-hydroxylation sites is 1. The van der Waals surface area contributed by atoms with Gasteiger partial charge in [-0.05, 0) is 90.6 Å². The van der Waals surface area contributed by atoms with Crippen molar-refractivity contribution in [3.63, 3.8) is 0 Å². The minimum atomic E-state index is -0.992. The Labute approximate surface area is 312 Å². The summed E-state index contributed by atoms with van der Waals surface area (Å²) in [7, 11) is 0. The number of carbonyl (C=O) groups excluding carboxylic acids is 3. The van der Waals surface area contributed by atoms with Crippen LogP contribution in [0.4, 0.5) is 0 Å². The van der Waals surface area contributed by atoms with Crippen molar-refractivity contribution in [2.24, 2.45) is 0 Å². The number of thioether (sulfide) groups is 1. The Balaban J connectivity index is 1.34. The van der Waals surface area contributed by atoms with Crippen LogP contribution in [0.5, 0.6) is 0 Å². The summed E-state index contributed by atoms with van der Waals surface area (Å²) in [5.74, 6) is -0.801. The zero-order valence-corrected chi connectivity index (χ0v) is 32.0. The number of nitrogens with zero attached hydrogens (tertiary/aromatic N) is 3. The highest BCUT2D eigenvalue weighted by atomic mass is 32.2. The normalized spacial score (nSPS) is 18.0. The van der Waals surface area contributed by atoms with E-state index >= 15 is 0 Å². The summed E-state index contributed by atoms with van der Waals surface area (Å²) >= 11 is 1.79. The molecule has 4 atom stereocenters. The van der Waals surface area contributed by atoms with E-state index in [0.29, 0.717) is 24.9 Å². The van der Waals surface area contributed by atoms with Crippen molar-refractivity contribution < 1.29 is 19.5 Å². The van der Waals surface area contributed by atoms with E-state index < -0.39 is 29.3 Å². The average molecular weight is 724 g/mol. The summed E-state index contributed by atoms with van der Waals surface area (Å²) < 4.78 is 0. The van der Waals surface area contributed by atoms with Gasteiger partial charge in [0.2, 0.25) is 11.8 Å². The maximum absolute atomic E-state index is 13.9. The van der Waals surface area contributed by atoms with Crippen LogP contribution in [-0.2, 0) is 16.0 Å². The lowest BCUT2D eigenvalue weighted by Crippen LogP contribution is -2.59. The number of aliphatic hydroxyl groups is 1. The fraction of sp³-hybridized carbons (Fsp3) is 0.429. The van der Waals surface area contributed by atoms with Crippen LogP contribution in [0.2, 0.25) is 0 Å². The Morgan fingerprint density at radius 3 is 2.23 bits per heavy atom. The molecule has 3 amide bonds. The third-order valence-electron chi connectivity index (χ3n) is 9.22. The molecule has 276 valence electrons. The fourth-order valence-corrected chi connectivity index (χ4v) is 7.78. The highest BCUT2D eigenvalue weighted by Gasteiger charge is 2.38. The highest BCUT2D eigenvalue weighted by Crippen LogP contribution is 2.33. The fourth-order valence-electron chi connectivity index (χ4n) is 6.58. The first-order valence-corrected chi connectivity index (χ1v) is 19.0. The van der Waals surface area contributed by atoms with Crippen LogP contribution in [0.1, 0.15) is 70.4 Å². The number of rotatable bonds is 12. The van der Waals surface area contributed by atoms with E-state index in [1.54, 1.807) is 17.8 Å². The van der Waals surface area contributed by atoms with Crippen LogP contribution in [0.25, 0.3) is 10.9 Å². The summed E-state index contributed by atoms with van der Waals surface area (Å²) in [5, 5.41) is 19.3. The largest absolute Gasteiger partial charge is 0.390 e. The zero-order valence-electron chi connectivity index (χ0n) is 31.2. The minimum absolute atomic E-state index is 0.0664. The van der Waals surface area contributed by atoms with Crippen molar-refractivity contribution in [3.05, 3.63) is 108 Å². The second-order valence-corrected chi connectivity index (χ2v) is 17.1. The standard InChI is InChI=1S/C42H53N5O4S/c1-41(2,3)45-39(50)36-26-32(52-31-18-11-8-12-19-31)23-24-46(36)27-37(48)35(25-29-15-9-7-10-16-29)44-38(49)28-47(42(4,5)6)40(51)34-22-21-30-17-13-14-20-33(30)43-34/h7-22,32,35-37,48H,23-28H2,1-6H3,(H,44,49)(H,45,50)/t32-,35+,36+,37-/m1/s1. The van der Waals surface area contributed by atoms with Crippen molar-refractivity contribution in [1.82, 2.24) is 25.4 Å². The summed E-state index contributed by atoms with van der Waals surface area (Å²) in [5.41, 5.74) is 0.815. The quantitative estimate of drug-likeness (QED) is 0.162. The maximum atomic E-state index is 13.9. The number of β-amino-alcohol motifs (C(OH)–C–C–N with tert-alkyl or cyclic N) is 1. The van der Waals surface area contributed by atoms with Crippen molar-refractivity contribution >= 4 is 40.4 Å². The van der Waals surface area contributed by atoms with Crippen molar-refractivity contribution in [1.29, 1.82) is 0 Å². The topological polar surface area (TPSA) is 115 Å². The molecule has 2 heterocycles. The van der Waals surface area contributed by atoms with Gasteiger partial charge in [0.05, 0.1) is 23.7 Å². The molecule has 1 aliphatic heterocycles.